The summed E-state index contributed by atoms with van der Waals surface area (Å²) in [5.74, 6) is -71.9. The number of rotatable bonds is 12. The van der Waals surface area contributed by atoms with Gasteiger partial charge in [0.15, 0.2) is 0 Å². The van der Waals surface area contributed by atoms with E-state index in [2.05, 4.69) is 0 Å². The third kappa shape index (κ3) is 5.83. The van der Waals surface area contributed by atoms with Crippen LogP contribution in [0.4, 0.5) is 114 Å². The van der Waals surface area contributed by atoms with Crippen LogP contribution in [0.25, 0.3) is 0 Å². The van der Waals surface area contributed by atoms with Crippen LogP contribution in [0.5, 0.6) is 0 Å². The van der Waals surface area contributed by atoms with Crippen molar-refractivity contribution in [3.63, 3.8) is 0 Å². The van der Waals surface area contributed by atoms with E-state index in [1.54, 1.807) is 0 Å². The van der Waals surface area contributed by atoms with Crippen molar-refractivity contribution in [1.82, 2.24) is 4.13 Å². The Morgan fingerprint density at radius 3 is 0.587 bits per heavy atom. The zero-order valence-electron chi connectivity index (χ0n) is 18.8. The molecule has 274 valence electrons. The van der Waals surface area contributed by atoms with Crippen molar-refractivity contribution in [2.45, 2.75) is 70.2 Å². The van der Waals surface area contributed by atoms with Crippen molar-refractivity contribution in [3.8, 4) is 0 Å². The molecule has 34 heteroatoms. The maximum atomic E-state index is 13.7. The first-order valence-electron chi connectivity index (χ1n) is 8.90. The molecule has 0 rings (SSSR count). The van der Waals surface area contributed by atoms with Crippen molar-refractivity contribution < 1.29 is 131 Å². The van der Waals surface area contributed by atoms with E-state index in [0.717, 1.165) is 0 Å². The molecule has 0 unspecified atom stereocenters. The van der Waals surface area contributed by atoms with Crippen LogP contribution in [0, 0.1) is 0 Å². The summed E-state index contributed by atoms with van der Waals surface area (Å²) in [7, 11) is -18.8. The van der Waals surface area contributed by atoms with Crippen LogP contribution in [-0.2, 0) is 20.0 Å². The molecule has 0 radical (unpaired) electrons. The molecule has 0 saturated heterocycles. The van der Waals surface area contributed by atoms with Gasteiger partial charge in [0, 0.05) is 0 Å². The first-order valence-corrected chi connectivity index (χ1v) is 11.9. The third-order valence-electron chi connectivity index (χ3n) is 4.70. The Hall–Kier alpha value is -1.36. The SMILES string of the molecule is O=S(=O)(NS(=O)(=O)C(F)(F)C(F)(F)C(F)(F)C(F)(F)C(F)(F)C(F)(F)F)C(F)(F)C(F)(F)C(F)(F)C(F)(F)C(F)(F)C(F)(F)F.[LiH]. The second-order valence-corrected chi connectivity index (χ2v) is 11.4. The quantitative estimate of drug-likeness (QED) is 0.195. The van der Waals surface area contributed by atoms with E-state index in [9.17, 15) is 131 Å². The zero-order valence-corrected chi connectivity index (χ0v) is 20.4. The number of sulfonamides is 2. The van der Waals surface area contributed by atoms with Crippen molar-refractivity contribution in [1.29, 1.82) is 0 Å². The van der Waals surface area contributed by atoms with Crippen LogP contribution < -0.4 is 4.13 Å². The number of halogens is 26. The van der Waals surface area contributed by atoms with Crippen LogP contribution in [0.2, 0.25) is 0 Å². The standard InChI is InChI=1S/C12HF26NO4S2.Li.H/c13-1(14,5(21,22)9(29,30)31)3(17,18)7(25,26)11(35,36)44(40,41)39-45(42,43)12(37,38)8(27,28)4(19,20)2(15,16)6(23,24)10(32,33)34;;/h39H;;. The molecule has 0 saturated carbocycles. The van der Waals surface area contributed by atoms with Crippen molar-refractivity contribution in [2.75, 3.05) is 0 Å². The Morgan fingerprint density at radius 1 is 0.283 bits per heavy atom. The van der Waals surface area contributed by atoms with Gasteiger partial charge in [-0.2, -0.15) is 114 Å². The Morgan fingerprint density at radius 2 is 0.435 bits per heavy atom. The van der Waals surface area contributed by atoms with Gasteiger partial charge in [0.1, 0.15) is 0 Å². The van der Waals surface area contributed by atoms with Gasteiger partial charge in [-0.1, -0.05) is 4.13 Å². The maximum absolute atomic E-state index is 13.7. The van der Waals surface area contributed by atoms with Crippen LogP contribution in [0.15, 0.2) is 0 Å². The third-order valence-corrected chi connectivity index (χ3v) is 8.32. The molecule has 0 aliphatic rings. The average molecular weight is 789 g/mol. The molecule has 0 heterocycles. The molecule has 5 nitrogen and oxygen atoms in total. The van der Waals surface area contributed by atoms with Gasteiger partial charge in [-0.3, -0.25) is 0 Å². The summed E-state index contributed by atoms with van der Waals surface area (Å²) < 4.78 is 380. The Bertz CT molecular complexity index is 1240. The molecular weight excluding hydrogens is 787 g/mol. The van der Waals surface area contributed by atoms with E-state index in [0.29, 0.717) is 0 Å². The van der Waals surface area contributed by atoms with Gasteiger partial charge in [0.25, 0.3) is 20.0 Å². The van der Waals surface area contributed by atoms with Crippen LogP contribution in [0.3, 0.4) is 0 Å². The molecule has 0 atom stereocenters. The van der Waals surface area contributed by atoms with Crippen LogP contribution >= 0.6 is 0 Å². The second kappa shape index (κ2) is 11.3. The first kappa shape index (κ1) is 46.8. The molecule has 1 N–H and O–H groups in total. The van der Waals surface area contributed by atoms with Crippen molar-refractivity contribution >= 4 is 38.9 Å². The number of hydrogen-bond acceptors (Lipinski definition) is 4. The second-order valence-electron chi connectivity index (χ2n) is 7.71. The van der Waals surface area contributed by atoms with Gasteiger partial charge < -0.3 is 0 Å². The fourth-order valence-corrected chi connectivity index (χ4v) is 5.02. The summed E-state index contributed by atoms with van der Waals surface area (Å²) in [6.45, 7) is 0. The van der Waals surface area contributed by atoms with Crippen molar-refractivity contribution in [2.24, 2.45) is 0 Å². The van der Waals surface area contributed by atoms with Crippen molar-refractivity contribution in [3.05, 3.63) is 0 Å². The van der Waals surface area contributed by atoms with Crippen LogP contribution in [0.1, 0.15) is 0 Å². The van der Waals surface area contributed by atoms with E-state index < -0.39 is 94.4 Å². The van der Waals surface area contributed by atoms with E-state index in [1.165, 1.54) is 0 Å². The van der Waals surface area contributed by atoms with Gasteiger partial charge in [0.05, 0.1) is 0 Å². The predicted octanol–water partition coefficient (Wildman–Crippen LogP) is 5.98. The molecule has 0 aromatic heterocycles. The Balaban J connectivity index is 0. The van der Waals surface area contributed by atoms with E-state index in [4.69, 9.17) is 0 Å². The van der Waals surface area contributed by atoms with Crippen LogP contribution in [-0.4, -0.2) is 106 Å². The van der Waals surface area contributed by atoms with Gasteiger partial charge >= 0.3 is 89.1 Å². The molecule has 0 aliphatic heterocycles. The average Bonchev–Trinajstić information content (AvgIpc) is 2.75. The summed E-state index contributed by atoms with van der Waals surface area (Å²) >= 11 is 0. The molecule has 0 aliphatic carbocycles. The molecule has 0 aromatic rings. The summed E-state index contributed by atoms with van der Waals surface area (Å²) in [6.07, 6.45) is -16.3. The summed E-state index contributed by atoms with van der Waals surface area (Å²) in [6, 6.07) is 0. The number of nitrogens with one attached hydrogen (secondary N) is 1. The predicted molar refractivity (Wildman–Crippen MR) is 89.7 cm³/mol. The molecule has 0 bridgehead atoms. The fourth-order valence-electron chi connectivity index (χ4n) is 2.10. The normalized spacial score (nSPS) is 16.7. The van der Waals surface area contributed by atoms with Gasteiger partial charge in [-0.05, 0) is 0 Å². The molecule has 46 heavy (non-hydrogen) atoms. The van der Waals surface area contributed by atoms with Gasteiger partial charge in [-0.25, -0.2) is 16.8 Å². The minimum atomic E-state index is -9.41. The minimum absolute atomic E-state index is 0. The van der Waals surface area contributed by atoms with E-state index in [1.807, 2.05) is 0 Å². The van der Waals surface area contributed by atoms with E-state index >= 15 is 0 Å². The molecule has 0 amide bonds. The summed E-state index contributed by atoms with van der Waals surface area (Å²) in [4.78, 5) is 0. The summed E-state index contributed by atoms with van der Waals surface area (Å²) in [5.41, 5.74) is 0. The monoisotopic (exact) mass is 789 g/mol. The first-order chi connectivity index (χ1) is 18.7. The van der Waals surface area contributed by atoms with Gasteiger partial charge in [0.2, 0.25) is 0 Å². The summed E-state index contributed by atoms with van der Waals surface area (Å²) in [5, 5.41) is -17.8. The number of alkyl halides is 26. The topological polar surface area (TPSA) is 80.3 Å². The fraction of sp³-hybridized carbons (Fsp3) is 1.00. The Kier molecular flexibility index (Phi) is 11.5. The molecule has 0 fully saturated rings. The molecule has 0 aromatic carbocycles. The number of hydrogen-bond donors (Lipinski definition) is 1. The molecule has 0 spiro atoms. The Labute approximate surface area is 244 Å². The zero-order chi connectivity index (χ0) is 37.7. The molecular formula is C12H2F26LiNO4S2. The van der Waals surface area contributed by atoms with E-state index in [-0.39, 0.29) is 18.9 Å². The van der Waals surface area contributed by atoms with Gasteiger partial charge in [-0.15, -0.1) is 0 Å².